The number of aromatic nitrogens is 1. The molecule has 8 bridgehead atoms. The Bertz CT molecular complexity index is 1400. The molecular weight excluding hydrogens is 484 g/mol. The summed E-state index contributed by atoms with van der Waals surface area (Å²) in [5, 5.41) is 0. The maximum atomic E-state index is 5.60. The van der Waals surface area contributed by atoms with Gasteiger partial charge in [0.15, 0.2) is 0 Å². The van der Waals surface area contributed by atoms with Gasteiger partial charge in [-0.25, -0.2) is 0 Å². The summed E-state index contributed by atoms with van der Waals surface area (Å²) in [6, 6.07) is 9.63. The van der Waals surface area contributed by atoms with Crippen LogP contribution in [0.15, 0.2) is 47.1 Å². The number of hydrogen-bond donors (Lipinski definition) is 1. The van der Waals surface area contributed by atoms with Crippen molar-refractivity contribution < 1.29 is 0 Å². The number of aromatic amines is 1. The average Bonchev–Trinajstić information content (AvgIpc) is 3.56. The van der Waals surface area contributed by atoms with E-state index in [9.17, 15) is 0 Å². The summed E-state index contributed by atoms with van der Waals surface area (Å²) >= 11 is 0. The lowest BCUT2D eigenvalue weighted by molar-refractivity contribution is -0.0117. The van der Waals surface area contributed by atoms with Gasteiger partial charge in [0.05, 0.1) is 5.70 Å². The number of aliphatic imine (C=N–C) groups is 1. The molecule has 0 spiro atoms. The summed E-state index contributed by atoms with van der Waals surface area (Å²) in [5.74, 6) is 5.72. The Hall–Kier alpha value is -2.35. The van der Waals surface area contributed by atoms with Gasteiger partial charge in [0, 0.05) is 33.5 Å². The highest BCUT2D eigenvalue weighted by Gasteiger charge is 2.54. The molecule has 0 atom stereocenters. The summed E-state index contributed by atoms with van der Waals surface area (Å²) in [5.41, 5.74) is 13.0. The molecule has 40 heavy (non-hydrogen) atoms. The molecular formula is C38H46N2. The van der Waals surface area contributed by atoms with E-state index in [0.717, 1.165) is 35.5 Å². The molecule has 8 saturated carbocycles. The zero-order valence-corrected chi connectivity index (χ0v) is 24.9. The van der Waals surface area contributed by atoms with Crippen LogP contribution in [0.4, 0.5) is 0 Å². The summed E-state index contributed by atoms with van der Waals surface area (Å²) in [4.78, 5) is 9.71. The van der Waals surface area contributed by atoms with Gasteiger partial charge in [-0.05, 0) is 174 Å². The van der Waals surface area contributed by atoms with Crippen LogP contribution in [0.3, 0.4) is 0 Å². The SMILES string of the molecule is Cc1cc(C)c(/C(=C2\C=CC(C34CC5C[C@H](C3)C[C@H](C5)C4)=N2)c2ccc(C34CC5C[C@H](C3)C[C@H](C5)C4)[nH]2)c(C)c1. The van der Waals surface area contributed by atoms with Crippen molar-refractivity contribution in [3.05, 3.63) is 75.8 Å². The van der Waals surface area contributed by atoms with E-state index >= 15 is 0 Å². The molecule has 0 amide bonds. The summed E-state index contributed by atoms with van der Waals surface area (Å²) < 4.78 is 0. The predicted molar refractivity (Wildman–Crippen MR) is 164 cm³/mol. The highest BCUT2D eigenvalue weighted by atomic mass is 14.8. The van der Waals surface area contributed by atoms with Gasteiger partial charge in [0.1, 0.15) is 0 Å². The molecule has 0 unspecified atom stereocenters. The van der Waals surface area contributed by atoms with E-state index < -0.39 is 0 Å². The Kier molecular flexibility index (Phi) is 5.07. The first kappa shape index (κ1) is 24.3. The molecule has 0 saturated heterocycles. The molecule has 2 aromatic rings. The molecule has 8 aliphatic carbocycles. The minimum absolute atomic E-state index is 0.343. The van der Waals surface area contributed by atoms with E-state index in [1.54, 1.807) is 0 Å². The quantitative estimate of drug-likeness (QED) is 0.408. The number of allylic oxidation sites excluding steroid dienone is 2. The second-order valence-corrected chi connectivity index (χ2v) is 16.0. The van der Waals surface area contributed by atoms with Crippen molar-refractivity contribution in [2.45, 2.75) is 103 Å². The van der Waals surface area contributed by atoms with Crippen molar-refractivity contribution in [2.75, 3.05) is 0 Å². The fourth-order valence-electron chi connectivity index (χ4n) is 12.5. The largest absolute Gasteiger partial charge is 0.358 e. The van der Waals surface area contributed by atoms with Crippen LogP contribution in [-0.2, 0) is 5.41 Å². The maximum Gasteiger partial charge on any atom is 0.0733 e. The van der Waals surface area contributed by atoms with Gasteiger partial charge >= 0.3 is 0 Å². The van der Waals surface area contributed by atoms with Gasteiger partial charge in [-0.2, -0.15) is 0 Å². The minimum atomic E-state index is 0.343. The normalized spacial score (nSPS) is 41.7. The number of rotatable bonds is 4. The smallest absolute Gasteiger partial charge is 0.0733 e. The number of aryl methyl sites for hydroxylation is 3. The van der Waals surface area contributed by atoms with Crippen molar-refractivity contribution in [3.63, 3.8) is 0 Å². The van der Waals surface area contributed by atoms with E-state index in [2.05, 4.69) is 62.2 Å². The van der Waals surface area contributed by atoms with Crippen molar-refractivity contribution in [1.29, 1.82) is 0 Å². The number of nitrogens with one attached hydrogen (secondary N) is 1. The van der Waals surface area contributed by atoms with E-state index in [4.69, 9.17) is 4.99 Å². The lowest BCUT2D eigenvalue weighted by Gasteiger charge is -2.56. The van der Waals surface area contributed by atoms with E-state index in [0.29, 0.717) is 10.8 Å². The van der Waals surface area contributed by atoms with Gasteiger partial charge in [-0.1, -0.05) is 17.7 Å². The number of nitrogens with zero attached hydrogens (tertiary/aromatic N) is 1. The third-order valence-electron chi connectivity index (χ3n) is 13.0. The van der Waals surface area contributed by atoms with Crippen LogP contribution in [0.5, 0.6) is 0 Å². The highest BCUT2D eigenvalue weighted by Crippen LogP contribution is 2.62. The zero-order chi connectivity index (χ0) is 26.8. The minimum Gasteiger partial charge on any atom is -0.358 e. The lowest BCUT2D eigenvalue weighted by Crippen LogP contribution is -2.49. The average molecular weight is 531 g/mol. The van der Waals surface area contributed by atoms with Crippen LogP contribution >= 0.6 is 0 Å². The maximum absolute atomic E-state index is 5.60. The first-order valence-corrected chi connectivity index (χ1v) is 16.6. The molecule has 1 aliphatic heterocycles. The van der Waals surface area contributed by atoms with Crippen LogP contribution in [0.25, 0.3) is 5.57 Å². The lowest BCUT2D eigenvalue weighted by atomic mass is 9.48. The third-order valence-corrected chi connectivity index (χ3v) is 13.0. The van der Waals surface area contributed by atoms with Gasteiger partial charge in [0.25, 0.3) is 0 Å². The summed E-state index contributed by atoms with van der Waals surface area (Å²) in [6.45, 7) is 6.84. The summed E-state index contributed by atoms with van der Waals surface area (Å²) in [7, 11) is 0. The Morgan fingerprint density at radius 2 is 1.18 bits per heavy atom. The molecule has 1 aromatic heterocycles. The fourth-order valence-corrected chi connectivity index (χ4v) is 12.5. The van der Waals surface area contributed by atoms with Crippen molar-refractivity contribution in [2.24, 2.45) is 45.9 Å². The molecule has 208 valence electrons. The van der Waals surface area contributed by atoms with Crippen LogP contribution in [-0.4, -0.2) is 10.7 Å². The molecule has 9 aliphatic rings. The Labute approximate surface area is 240 Å². The Balaban J connectivity index is 1.16. The van der Waals surface area contributed by atoms with E-state index in [1.807, 2.05) is 0 Å². The second-order valence-electron chi connectivity index (χ2n) is 16.0. The number of hydrogen-bond acceptors (Lipinski definition) is 1. The van der Waals surface area contributed by atoms with Crippen LogP contribution in [0, 0.1) is 61.7 Å². The van der Waals surface area contributed by atoms with E-state index in [-0.39, 0.29) is 0 Å². The van der Waals surface area contributed by atoms with Crippen LogP contribution < -0.4 is 0 Å². The zero-order valence-electron chi connectivity index (χ0n) is 24.9. The standard InChI is InChI=1S/C38H46N2/c1-22-8-23(2)35(24(3)9-22)36(31-4-6-33(39-31)37-16-25-10-26(17-37)12-27(11-25)18-37)32-5-7-34(40-32)38-19-28-13-29(20-38)15-30(14-28)21-38/h4-9,25-30,39H,10-21H2,1-3H3/b36-32+/t25-,26-,27?,28-,29-,30?,37?,38?/m1/s1. The van der Waals surface area contributed by atoms with Crippen LogP contribution in [0.1, 0.15) is 111 Å². The van der Waals surface area contributed by atoms with Gasteiger partial charge in [-0.3, -0.25) is 4.99 Å². The second kappa shape index (κ2) is 8.36. The molecule has 8 fully saturated rings. The molecule has 0 radical (unpaired) electrons. The fraction of sp³-hybridized carbons (Fsp3) is 0.605. The molecule has 2 nitrogen and oxygen atoms in total. The molecule has 1 aromatic carbocycles. The van der Waals surface area contributed by atoms with Crippen molar-refractivity contribution >= 4 is 11.3 Å². The third kappa shape index (κ3) is 3.56. The number of H-pyrrole nitrogens is 1. The Morgan fingerprint density at radius 1 is 0.675 bits per heavy atom. The highest BCUT2D eigenvalue weighted by molar-refractivity contribution is 6.05. The predicted octanol–water partition coefficient (Wildman–Crippen LogP) is 9.39. The van der Waals surface area contributed by atoms with Crippen molar-refractivity contribution in [1.82, 2.24) is 4.98 Å². The molecule has 11 rings (SSSR count). The van der Waals surface area contributed by atoms with E-state index in [1.165, 1.54) is 128 Å². The van der Waals surface area contributed by atoms with Gasteiger partial charge in [-0.15, -0.1) is 0 Å². The van der Waals surface area contributed by atoms with Gasteiger partial charge in [0.2, 0.25) is 0 Å². The first-order chi connectivity index (χ1) is 19.3. The first-order valence-electron chi connectivity index (χ1n) is 16.6. The van der Waals surface area contributed by atoms with Crippen molar-refractivity contribution in [3.8, 4) is 0 Å². The van der Waals surface area contributed by atoms with Gasteiger partial charge < -0.3 is 4.98 Å². The Morgan fingerprint density at radius 3 is 1.70 bits per heavy atom. The monoisotopic (exact) mass is 530 g/mol. The van der Waals surface area contributed by atoms with Crippen LogP contribution in [0.2, 0.25) is 0 Å². The molecule has 1 N–H and O–H groups in total. The number of benzene rings is 1. The summed E-state index contributed by atoms with van der Waals surface area (Å²) in [6.07, 6.45) is 22.1. The molecule has 2 heterocycles. The topological polar surface area (TPSA) is 28.1 Å². The molecule has 2 heteroatoms.